The zero-order valence-electron chi connectivity index (χ0n) is 13.4. The number of aromatic amines is 1. The number of hydrogen-bond acceptors (Lipinski definition) is 3. The van der Waals surface area contributed by atoms with Crippen LogP contribution in [0.3, 0.4) is 0 Å². The Hall–Kier alpha value is -2.89. The van der Waals surface area contributed by atoms with Crippen molar-refractivity contribution in [2.24, 2.45) is 7.05 Å². The number of nitrogens with zero attached hydrogens (tertiary/aromatic N) is 5. The van der Waals surface area contributed by atoms with E-state index in [-0.39, 0.29) is 0 Å². The summed E-state index contributed by atoms with van der Waals surface area (Å²) in [6, 6.07) is 12.3. The summed E-state index contributed by atoms with van der Waals surface area (Å²) in [6.07, 6.45) is 0. The third-order valence-electron chi connectivity index (χ3n) is 3.98. The minimum atomic E-state index is 0.708. The van der Waals surface area contributed by atoms with Gasteiger partial charge in [-0.3, -0.25) is 4.68 Å². The Balaban J connectivity index is 1.80. The highest BCUT2D eigenvalue weighted by atomic mass is 15.3. The molecule has 6 heteroatoms. The van der Waals surface area contributed by atoms with Crippen LogP contribution in [0.1, 0.15) is 17.0 Å². The molecule has 23 heavy (non-hydrogen) atoms. The van der Waals surface area contributed by atoms with E-state index in [1.54, 1.807) is 0 Å². The van der Waals surface area contributed by atoms with Gasteiger partial charge in [0.25, 0.3) is 0 Å². The third-order valence-corrected chi connectivity index (χ3v) is 3.98. The van der Waals surface area contributed by atoms with Gasteiger partial charge in [0, 0.05) is 7.05 Å². The van der Waals surface area contributed by atoms with E-state index < -0.39 is 0 Å². The molecule has 6 nitrogen and oxygen atoms in total. The molecule has 0 aliphatic rings. The quantitative estimate of drug-likeness (QED) is 0.633. The highest BCUT2D eigenvalue weighted by Crippen LogP contribution is 2.23. The molecule has 4 aromatic rings. The molecule has 0 atom stereocenters. The first-order valence-electron chi connectivity index (χ1n) is 7.60. The second-order valence-electron chi connectivity index (χ2n) is 5.81. The van der Waals surface area contributed by atoms with Gasteiger partial charge in [-0.25, -0.2) is 9.67 Å². The van der Waals surface area contributed by atoms with Crippen molar-refractivity contribution < 1.29 is 0 Å². The number of fused-ring (bicyclic) bond motifs is 1. The van der Waals surface area contributed by atoms with Crippen LogP contribution in [0.15, 0.2) is 36.4 Å². The summed E-state index contributed by atoms with van der Waals surface area (Å²) >= 11 is 0. The van der Waals surface area contributed by atoms with Crippen molar-refractivity contribution in [3.63, 3.8) is 0 Å². The molecule has 0 spiro atoms. The Labute approximate surface area is 133 Å². The maximum absolute atomic E-state index is 4.76. The highest BCUT2D eigenvalue weighted by molar-refractivity contribution is 5.78. The third kappa shape index (κ3) is 2.32. The summed E-state index contributed by atoms with van der Waals surface area (Å²) in [5.41, 5.74) is 5.97. The van der Waals surface area contributed by atoms with Crippen LogP contribution in [-0.2, 0) is 13.6 Å². The molecule has 3 heterocycles. The lowest BCUT2D eigenvalue weighted by Crippen LogP contribution is -2.02. The topological polar surface area (TPSA) is 64.3 Å². The Morgan fingerprint density at radius 2 is 1.87 bits per heavy atom. The second-order valence-corrected chi connectivity index (χ2v) is 5.81. The lowest BCUT2D eigenvalue weighted by molar-refractivity contribution is 0.695. The number of rotatable bonds is 3. The van der Waals surface area contributed by atoms with Gasteiger partial charge in [0.1, 0.15) is 11.2 Å². The fourth-order valence-electron chi connectivity index (χ4n) is 2.90. The van der Waals surface area contributed by atoms with E-state index in [1.165, 1.54) is 5.56 Å². The smallest absolute Gasteiger partial charge is 0.177 e. The predicted molar refractivity (Wildman–Crippen MR) is 89.1 cm³/mol. The zero-order valence-corrected chi connectivity index (χ0v) is 13.4. The van der Waals surface area contributed by atoms with E-state index in [0.29, 0.717) is 6.54 Å². The van der Waals surface area contributed by atoms with Crippen LogP contribution in [-0.4, -0.2) is 29.5 Å². The Bertz CT molecular complexity index is 974. The van der Waals surface area contributed by atoms with Gasteiger partial charge in [0.2, 0.25) is 0 Å². The van der Waals surface area contributed by atoms with Gasteiger partial charge in [0.05, 0.1) is 17.9 Å². The predicted octanol–water partition coefficient (Wildman–Crippen LogP) is 2.83. The lowest BCUT2D eigenvalue weighted by atomic mass is 10.2. The Morgan fingerprint density at radius 3 is 2.57 bits per heavy atom. The molecule has 1 N–H and O–H groups in total. The SMILES string of the molecule is Cc1cc(-c2nc3c([nH]2)c(C)nn3Cc2ccccc2)n(C)n1. The van der Waals surface area contributed by atoms with Crippen LogP contribution >= 0.6 is 0 Å². The number of hydrogen-bond donors (Lipinski definition) is 1. The molecule has 0 amide bonds. The van der Waals surface area contributed by atoms with Crippen molar-refractivity contribution in [3.8, 4) is 11.5 Å². The molecule has 3 aromatic heterocycles. The second kappa shape index (κ2) is 5.08. The molecule has 0 saturated carbocycles. The standard InChI is InChI=1S/C17H18N6/c1-11-9-14(22(3)20-11)16-18-15-12(2)21-23(17(15)19-16)10-13-7-5-4-6-8-13/h4-9H,10H2,1-3H3,(H,18,19). The highest BCUT2D eigenvalue weighted by Gasteiger charge is 2.16. The van der Waals surface area contributed by atoms with E-state index in [4.69, 9.17) is 4.98 Å². The molecular weight excluding hydrogens is 288 g/mol. The van der Waals surface area contributed by atoms with Crippen LogP contribution in [0, 0.1) is 13.8 Å². The zero-order chi connectivity index (χ0) is 16.0. The van der Waals surface area contributed by atoms with Crippen molar-refractivity contribution in [1.82, 2.24) is 29.5 Å². The Morgan fingerprint density at radius 1 is 1.09 bits per heavy atom. The summed E-state index contributed by atoms with van der Waals surface area (Å²) in [6.45, 7) is 4.69. The Kier molecular flexibility index (Phi) is 3.04. The maximum Gasteiger partial charge on any atom is 0.177 e. The summed E-state index contributed by atoms with van der Waals surface area (Å²) in [5.74, 6) is 0.824. The largest absolute Gasteiger partial charge is 0.334 e. The average Bonchev–Trinajstić information content (AvgIpc) is 3.17. The molecule has 4 rings (SSSR count). The summed E-state index contributed by atoms with van der Waals surface area (Å²) in [4.78, 5) is 8.14. The van der Waals surface area contributed by atoms with Gasteiger partial charge < -0.3 is 4.98 Å². The van der Waals surface area contributed by atoms with Crippen molar-refractivity contribution in [1.29, 1.82) is 0 Å². The summed E-state index contributed by atoms with van der Waals surface area (Å²) < 4.78 is 3.79. The fraction of sp³-hybridized carbons (Fsp3) is 0.235. The normalized spacial score (nSPS) is 11.4. The van der Waals surface area contributed by atoms with E-state index in [9.17, 15) is 0 Å². The molecule has 1 aromatic carbocycles. The first kappa shape index (κ1) is 13.8. The molecule has 0 radical (unpaired) electrons. The number of benzene rings is 1. The van der Waals surface area contributed by atoms with E-state index in [0.717, 1.165) is 34.1 Å². The van der Waals surface area contributed by atoms with Crippen molar-refractivity contribution in [3.05, 3.63) is 53.3 Å². The molecule has 0 aliphatic carbocycles. The first-order valence-corrected chi connectivity index (χ1v) is 7.60. The lowest BCUT2D eigenvalue weighted by Gasteiger charge is -2.02. The number of aromatic nitrogens is 6. The monoisotopic (exact) mass is 306 g/mol. The summed E-state index contributed by atoms with van der Waals surface area (Å²) in [5, 5.41) is 9.00. The van der Waals surface area contributed by atoms with Crippen LogP contribution in [0.25, 0.3) is 22.7 Å². The number of nitrogens with one attached hydrogen (secondary N) is 1. The fourth-order valence-corrected chi connectivity index (χ4v) is 2.90. The van der Waals surface area contributed by atoms with Gasteiger partial charge >= 0.3 is 0 Å². The molecule has 0 aliphatic heterocycles. The van der Waals surface area contributed by atoms with E-state index in [2.05, 4.69) is 27.3 Å². The molecular formula is C17H18N6. The van der Waals surface area contributed by atoms with Crippen molar-refractivity contribution >= 4 is 11.2 Å². The minimum absolute atomic E-state index is 0.708. The summed E-state index contributed by atoms with van der Waals surface area (Å²) in [7, 11) is 1.93. The van der Waals surface area contributed by atoms with Crippen LogP contribution in [0.5, 0.6) is 0 Å². The van der Waals surface area contributed by atoms with Crippen molar-refractivity contribution in [2.45, 2.75) is 20.4 Å². The van der Waals surface area contributed by atoms with Crippen molar-refractivity contribution in [2.75, 3.05) is 0 Å². The number of H-pyrrole nitrogens is 1. The van der Waals surface area contributed by atoms with Crippen LogP contribution in [0.2, 0.25) is 0 Å². The van der Waals surface area contributed by atoms with Gasteiger partial charge in [-0.05, 0) is 25.5 Å². The molecule has 0 fully saturated rings. The van der Waals surface area contributed by atoms with Crippen LogP contribution < -0.4 is 0 Å². The van der Waals surface area contributed by atoms with Gasteiger partial charge in [-0.2, -0.15) is 10.2 Å². The first-order chi connectivity index (χ1) is 11.1. The van der Waals surface area contributed by atoms with Gasteiger partial charge in [0.15, 0.2) is 11.5 Å². The van der Waals surface area contributed by atoms with Crippen LogP contribution in [0.4, 0.5) is 0 Å². The minimum Gasteiger partial charge on any atom is -0.334 e. The molecule has 116 valence electrons. The maximum atomic E-state index is 4.76. The molecule has 0 bridgehead atoms. The molecule has 0 saturated heterocycles. The number of aryl methyl sites for hydroxylation is 3. The van der Waals surface area contributed by atoms with E-state index >= 15 is 0 Å². The molecule has 0 unspecified atom stereocenters. The number of imidazole rings is 1. The van der Waals surface area contributed by atoms with Gasteiger partial charge in [-0.1, -0.05) is 30.3 Å². The van der Waals surface area contributed by atoms with E-state index in [1.807, 2.05) is 54.5 Å². The average molecular weight is 306 g/mol. The van der Waals surface area contributed by atoms with Gasteiger partial charge in [-0.15, -0.1) is 0 Å².